The van der Waals surface area contributed by atoms with E-state index in [1.165, 1.54) is 5.56 Å². The Labute approximate surface area is 119 Å². The first kappa shape index (κ1) is 12.9. The molecule has 104 valence electrons. The van der Waals surface area contributed by atoms with Gasteiger partial charge in [0.2, 0.25) is 5.88 Å². The number of anilines is 1. The fraction of sp³-hybridized carbons (Fsp3) is 0.375. The highest BCUT2D eigenvalue weighted by molar-refractivity contribution is 5.37. The van der Waals surface area contributed by atoms with Gasteiger partial charge in [0, 0.05) is 12.0 Å². The minimum atomic E-state index is 0.466. The molecule has 0 amide bonds. The minimum absolute atomic E-state index is 0.466. The molecule has 1 aromatic heterocycles. The number of nitrogens with two attached hydrogens (primary N) is 1. The Kier molecular flexibility index (Phi) is 3.54. The molecule has 2 N–H and O–H groups in total. The summed E-state index contributed by atoms with van der Waals surface area (Å²) in [5, 5.41) is 0. The van der Waals surface area contributed by atoms with Gasteiger partial charge in [-0.05, 0) is 37.0 Å². The summed E-state index contributed by atoms with van der Waals surface area (Å²) in [6.07, 6.45) is 4.53. The molecule has 1 aromatic carbocycles. The topological polar surface area (TPSA) is 61.0 Å². The van der Waals surface area contributed by atoms with E-state index in [0.29, 0.717) is 17.6 Å². The second-order valence-corrected chi connectivity index (χ2v) is 5.26. The third-order valence-electron chi connectivity index (χ3n) is 3.37. The average Bonchev–Trinajstić information content (AvgIpc) is 3.25. The molecule has 0 spiro atoms. The van der Waals surface area contributed by atoms with Crippen LogP contribution in [-0.2, 0) is 6.42 Å². The lowest BCUT2D eigenvalue weighted by Crippen LogP contribution is -2.00. The van der Waals surface area contributed by atoms with Gasteiger partial charge < -0.3 is 10.5 Å². The summed E-state index contributed by atoms with van der Waals surface area (Å²) < 4.78 is 5.78. The first-order valence-corrected chi connectivity index (χ1v) is 7.16. The van der Waals surface area contributed by atoms with Crippen molar-refractivity contribution >= 4 is 5.82 Å². The molecule has 4 heteroatoms. The number of aromatic nitrogens is 2. The SMILES string of the molecule is CCCc1ccc(Oc2cc(N)nc(C3CC3)n2)cc1. The number of nitrogen functional groups attached to an aromatic ring is 1. The molecule has 0 saturated heterocycles. The van der Waals surface area contributed by atoms with Crippen molar-refractivity contribution in [2.75, 3.05) is 5.73 Å². The van der Waals surface area contributed by atoms with E-state index in [9.17, 15) is 0 Å². The highest BCUT2D eigenvalue weighted by atomic mass is 16.5. The van der Waals surface area contributed by atoms with Crippen LogP contribution in [0.1, 0.15) is 43.5 Å². The molecule has 0 aliphatic heterocycles. The molecule has 1 aliphatic rings. The van der Waals surface area contributed by atoms with Gasteiger partial charge in [-0.2, -0.15) is 4.98 Å². The molecule has 3 rings (SSSR count). The number of nitrogens with zero attached hydrogens (tertiary/aromatic N) is 2. The van der Waals surface area contributed by atoms with Crippen molar-refractivity contribution in [2.45, 2.75) is 38.5 Å². The maximum Gasteiger partial charge on any atom is 0.224 e. The Morgan fingerprint density at radius 1 is 1.20 bits per heavy atom. The number of hydrogen-bond acceptors (Lipinski definition) is 4. The van der Waals surface area contributed by atoms with Gasteiger partial charge in [-0.3, -0.25) is 0 Å². The molecule has 1 fully saturated rings. The number of hydrogen-bond donors (Lipinski definition) is 1. The van der Waals surface area contributed by atoms with Crippen molar-refractivity contribution in [1.29, 1.82) is 0 Å². The Morgan fingerprint density at radius 2 is 1.95 bits per heavy atom. The monoisotopic (exact) mass is 269 g/mol. The van der Waals surface area contributed by atoms with E-state index in [2.05, 4.69) is 29.0 Å². The lowest BCUT2D eigenvalue weighted by atomic mass is 10.1. The molecular weight excluding hydrogens is 250 g/mol. The Morgan fingerprint density at radius 3 is 2.60 bits per heavy atom. The fourth-order valence-electron chi connectivity index (χ4n) is 2.17. The Hall–Kier alpha value is -2.10. The first-order chi connectivity index (χ1) is 9.74. The minimum Gasteiger partial charge on any atom is -0.439 e. The predicted octanol–water partition coefficient (Wildman–Crippen LogP) is 3.68. The van der Waals surface area contributed by atoms with Crippen molar-refractivity contribution in [3.63, 3.8) is 0 Å². The van der Waals surface area contributed by atoms with Gasteiger partial charge in [0.1, 0.15) is 17.4 Å². The van der Waals surface area contributed by atoms with Gasteiger partial charge in [0.25, 0.3) is 0 Å². The van der Waals surface area contributed by atoms with Gasteiger partial charge in [-0.1, -0.05) is 25.5 Å². The highest BCUT2D eigenvalue weighted by Gasteiger charge is 2.27. The second kappa shape index (κ2) is 5.49. The van der Waals surface area contributed by atoms with E-state index >= 15 is 0 Å². The van der Waals surface area contributed by atoms with E-state index in [0.717, 1.165) is 37.3 Å². The van der Waals surface area contributed by atoms with E-state index in [4.69, 9.17) is 10.5 Å². The maximum absolute atomic E-state index is 5.81. The molecule has 20 heavy (non-hydrogen) atoms. The van der Waals surface area contributed by atoms with Crippen molar-refractivity contribution in [1.82, 2.24) is 9.97 Å². The van der Waals surface area contributed by atoms with Gasteiger partial charge >= 0.3 is 0 Å². The smallest absolute Gasteiger partial charge is 0.224 e. The maximum atomic E-state index is 5.81. The Bertz CT molecular complexity index is 591. The molecule has 1 heterocycles. The Balaban J connectivity index is 1.76. The molecule has 0 bridgehead atoms. The lowest BCUT2D eigenvalue weighted by Gasteiger charge is -2.08. The zero-order chi connectivity index (χ0) is 13.9. The van der Waals surface area contributed by atoms with Crippen molar-refractivity contribution in [2.24, 2.45) is 0 Å². The highest BCUT2D eigenvalue weighted by Crippen LogP contribution is 2.39. The number of aryl methyl sites for hydroxylation is 1. The van der Waals surface area contributed by atoms with Gasteiger partial charge in [-0.25, -0.2) is 4.98 Å². The number of rotatable bonds is 5. The van der Waals surface area contributed by atoms with E-state index in [-0.39, 0.29) is 0 Å². The van der Waals surface area contributed by atoms with Crippen LogP contribution in [-0.4, -0.2) is 9.97 Å². The summed E-state index contributed by atoms with van der Waals surface area (Å²) in [5.74, 6) is 3.06. The van der Waals surface area contributed by atoms with Crippen LogP contribution in [0.25, 0.3) is 0 Å². The summed E-state index contributed by atoms with van der Waals surface area (Å²) in [6.45, 7) is 2.17. The van der Waals surface area contributed by atoms with Crippen LogP contribution in [0.5, 0.6) is 11.6 Å². The lowest BCUT2D eigenvalue weighted by molar-refractivity contribution is 0.459. The zero-order valence-electron chi connectivity index (χ0n) is 11.7. The van der Waals surface area contributed by atoms with Crippen LogP contribution >= 0.6 is 0 Å². The van der Waals surface area contributed by atoms with Gasteiger partial charge in [-0.15, -0.1) is 0 Å². The third kappa shape index (κ3) is 3.07. The van der Waals surface area contributed by atoms with Crippen LogP contribution in [0.15, 0.2) is 30.3 Å². The van der Waals surface area contributed by atoms with E-state index < -0.39 is 0 Å². The molecule has 1 saturated carbocycles. The number of ether oxygens (including phenoxy) is 1. The summed E-state index contributed by atoms with van der Waals surface area (Å²) in [6, 6.07) is 9.79. The molecular formula is C16H19N3O. The molecule has 2 aromatic rings. The zero-order valence-corrected chi connectivity index (χ0v) is 11.7. The van der Waals surface area contributed by atoms with Gasteiger partial charge in [0.15, 0.2) is 0 Å². The van der Waals surface area contributed by atoms with Crippen LogP contribution < -0.4 is 10.5 Å². The molecule has 0 radical (unpaired) electrons. The molecule has 0 unspecified atom stereocenters. The second-order valence-electron chi connectivity index (χ2n) is 5.26. The normalized spacial score (nSPS) is 14.2. The standard InChI is InChI=1S/C16H19N3O/c1-2-3-11-4-8-13(9-5-11)20-15-10-14(17)18-16(19-15)12-6-7-12/h4-5,8-10,12H,2-3,6-7H2,1H3,(H2,17,18,19). The quantitative estimate of drug-likeness (QED) is 0.899. The summed E-state index contributed by atoms with van der Waals surface area (Å²) in [7, 11) is 0. The summed E-state index contributed by atoms with van der Waals surface area (Å²) >= 11 is 0. The number of benzene rings is 1. The predicted molar refractivity (Wildman–Crippen MR) is 78.9 cm³/mol. The third-order valence-corrected chi connectivity index (χ3v) is 3.37. The summed E-state index contributed by atoms with van der Waals surface area (Å²) in [5.41, 5.74) is 7.13. The molecule has 4 nitrogen and oxygen atoms in total. The molecule has 0 atom stereocenters. The van der Waals surface area contributed by atoms with Crippen LogP contribution in [0.2, 0.25) is 0 Å². The van der Waals surface area contributed by atoms with E-state index in [1.54, 1.807) is 6.07 Å². The summed E-state index contributed by atoms with van der Waals surface area (Å²) in [4.78, 5) is 8.70. The van der Waals surface area contributed by atoms with Crippen molar-refractivity contribution < 1.29 is 4.74 Å². The van der Waals surface area contributed by atoms with Crippen LogP contribution in [0.4, 0.5) is 5.82 Å². The van der Waals surface area contributed by atoms with E-state index in [1.807, 2.05) is 12.1 Å². The molecule has 1 aliphatic carbocycles. The van der Waals surface area contributed by atoms with Crippen molar-refractivity contribution in [3.05, 3.63) is 41.7 Å². The average molecular weight is 269 g/mol. The van der Waals surface area contributed by atoms with Crippen molar-refractivity contribution in [3.8, 4) is 11.6 Å². The van der Waals surface area contributed by atoms with Crippen LogP contribution in [0.3, 0.4) is 0 Å². The largest absolute Gasteiger partial charge is 0.439 e. The van der Waals surface area contributed by atoms with Crippen LogP contribution in [0, 0.1) is 0 Å². The van der Waals surface area contributed by atoms with Gasteiger partial charge in [0.05, 0.1) is 0 Å². The first-order valence-electron chi connectivity index (χ1n) is 7.16. The fourth-order valence-corrected chi connectivity index (χ4v) is 2.17.